The molecule has 2 aromatic rings. The molecule has 1 N–H and O–H groups in total. The number of anilines is 1. The lowest BCUT2D eigenvalue weighted by atomic mass is 10.2. The molecule has 0 saturated carbocycles. The van der Waals surface area contributed by atoms with Crippen molar-refractivity contribution in [2.75, 3.05) is 5.32 Å². The Morgan fingerprint density at radius 3 is 2.69 bits per heavy atom. The van der Waals surface area contributed by atoms with Gasteiger partial charge in [0.2, 0.25) is 0 Å². The van der Waals surface area contributed by atoms with Crippen molar-refractivity contribution in [1.29, 1.82) is 0 Å². The Balaban J connectivity index is 2.14. The van der Waals surface area contributed by atoms with Gasteiger partial charge in [-0.3, -0.25) is 4.68 Å². The van der Waals surface area contributed by atoms with Crippen molar-refractivity contribution in [3.05, 3.63) is 28.0 Å². The summed E-state index contributed by atoms with van der Waals surface area (Å²) in [6, 6.07) is 0.217. The Kier molecular flexibility index (Phi) is 2.96. The molecule has 1 unspecified atom stereocenters. The molecule has 0 aromatic carbocycles. The fourth-order valence-corrected chi connectivity index (χ4v) is 2.67. The Bertz CT molecular complexity index is 486. The lowest BCUT2D eigenvalue weighted by Crippen LogP contribution is -2.07. The van der Waals surface area contributed by atoms with E-state index < -0.39 is 0 Å². The molecular weight excluding hydrogens is 220 g/mol. The third kappa shape index (κ3) is 2.24. The first-order valence-electron chi connectivity index (χ1n) is 5.25. The first-order chi connectivity index (χ1) is 7.56. The van der Waals surface area contributed by atoms with Gasteiger partial charge in [-0.1, -0.05) is 0 Å². The highest BCUT2D eigenvalue weighted by molar-refractivity contribution is 7.11. The summed E-state index contributed by atoms with van der Waals surface area (Å²) in [6.45, 7) is 6.27. The van der Waals surface area contributed by atoms with Crippen molar-refractivity contribution in [3.8, 4) is 0 Å². The SMILES string of the molecule is Cc1nc(C(C)Nc2cnn(C)c2)c(C)s1. The van der Waals surface area contributed by atoms with E-state index in [1.165, 1.54) is 4.88 Å². The maximum absolute atomic E-state index is 4.54. The molecule has 1 atom stereocenters. The van der Waals surface area contributed by atoms with Crippen LogP contribution in [0, 0.1) is 13.8 Å². The highest BCUT2D eigenvalue weighted by Crippen LogP contribution is 2.25. The molecular formula is C11H16N4S. The Morgan fingerprint density at radius 2 is 2.19 bits per heavy atom. The maximum atomic E-state index is 4.54. The molecule has 0 bridgehead atoms. The summed E-state index contributed by atoms with van der Waals surface area (Å²) < 4.78 is 1.79. The van der Waals surface area contributed by atoms with Gasteiger partial charge in [-0.2, -0.15) is 5.10 Å². The second-order valence-electron chi connectivity index (χ2n) is 3.94. The lowest BCUT2D eigenvalue weighted by molar-refractivity contribution is 0.767. The molecule has 2 rings (SSSR count). The molecule has 0 radical (unpaired) electrons. The van der Waals surface area contributed by atoms with Crippen LogP contribution >= 0.6 is 11.3 Å². The van der Waals surface area contributed by atoms with Crippen LogP contribution in [0.5, 0.6) is 0 Å². The van der Waals surface area contributed by atoms with E-state index in [9.17, 15) is 0 Å². The molecule has 2 heterocycles. The lowest BCUT2D eigenvalue weighted by Gasteiger charge is -2.11. The van der Waals surface area contributed by atoms with Gasteiger partial charge >= 0.3 is 0 Å². The molecule has 2 aromatic heterocycles. The summed E-state index contributed by atoms with van der Waals surface area (Å²) in [4.78, 5) is 5.82. The minimum atomic E-state index is 0.217. The van der Waals surface area contributed by atoms with Crippen molar-refractivity contribution in [2.24, 2.45) is 7.05 Å². The van der Waals surface area contributed by atoms with Crippen molar-refractivity contribution in [2.45, 2.75) is 26.8 Å². The molecule has 0 saturated heterocycles. The fourth-order valence-electron chi connectivity index (χ4n) is 1.76. The minimum absolute atomic E-state index is 0.217. The highest BCUT2D eigenvalue weighted by atomic mass is 32.1. The van der Waals surface area contributed by atoms with Crippen LogP contribution in [-0.4, -0.2) is 14.8 Å². The van der Waals surface area contributed by atoms with E-state index in [4.69, 9.17) is 0 Å². The molecule has 0 aliphatic heterocycles. The zero-order valence-corrected chi connectivity index (χ0v) is 10.8. The number of aromatic nitrogens is 3. The molecule has 4 nitrogen and oxygen atoms in total. The smallest absolute Gasteiger partial charge is 0.0901 e. The molecule has 16 heavy (non-hydrogen) atoms. The maximum Gasteiger partial charge on any atom is 0.0901 e. The van der Waals surface area contributed by atoms with Crippen molar-refractivity contribution in [3.63, 3.8) is 0 Å². The summed E-state index contributed by atoms with van der Waals surface area (Å²) >= 11 is 1.74. The van der Waals surface area contributed by atoms with E-state index in [2.05, 4.69) is 29.2 Å². The normalized spacial score (nSPS) is 12.8. The van der Waals surface area contributed by atoms with Crippen LogP contribution in [0.25, 0.3) is 0 Å². The zero-order chi connectivity index (χ0) is 11.7. The van der Waals surface area contributed by atoms with Gasteiger partial charge < -0.3 is 5.32 Å². The third-order valence-electron chi connectivity index (χ3n) is 2.44. The molecule has 0 spiro atoms. The molecule has 0 fully saturated rings. The van der Waals surface area contributed by atoms with E-state index in [1.807, 2.05) is 26.4 Å². The number of thiazole rings is 1. The van der Waals surface area contributed by atoms with Crippen molar-refractivity contribution in [1.82, 2.24) is 14.8 Å². The van der Waals surface area contributed by atoms with Gasteiger partial charge in [0.1, 0.15) is 0 Å². The number of nitrogens with zero attached hydrogens (tertiary/aromatic N) is 3. The predicted molar refractivity (Wildman–Crippen MR) is 66.8 cm³/mol. The first kappa shape index (κ1) is 11.1. The molecule has 5 heteroatoms. The minimum Gasteiger partial charge on any atom is -0.374 e. The second-order valence-corrected chi connectivity index (χ2v) is 5.35. The van der Waals surface area contributed by atoms with Gasteiger partial charge in [0.05, 0.1) is 28.6 Å². The predicted octanol–water partition coefficient (Wildman–Crippen LogP) is 2.67. The molecule has 0 aliphatic rings. The number of aryl methyl sites for hydroxylation is 3. The molecule has 0 aliphatic carbocycles. The number of hydrogen-bond acceptors (Lipinski definition) is 4. The monoisotopic (exact) mass is 236 g/mol. The van der Waals surface area contributed by atoms with Crippen LogP contribution in [0.4, 0.5) is 5.69 Å². The van der Waals surface area contributed by atoms with E-state index >= 15 is 0 Å². The molecule has 86 valence electrons. The summed E-state index contributed by atoms with van der Waals surface area (Å²) in [5.74, 6) is 0. The zero-order valence-electron chi connectivity index (χ0n) is 9.98. The van der Waals surface area contributed by atoms with Gasteiger partial charge in [0.15, 0.2) is 0 Å². The van der Waals surface area contributed by atoms with E-state index in [0.717, 1.165) is 16.4 Å². The van der Waals surface area contributed by atoms with Crippen LogP contribution in [-0.2, 0) is 7.05 Å². The first-order valence-corrected chi connectivity index (χ1v) is 6.07. The van der Waals surface area contributed by atoms with Crippen LogP contribution < -0.4 is 5.32 Å². The number of hydrogen-bond donors (Lipinski definition) is 1. The van der Waals surface area contributed by atoms with E-state index in [1.54, 1.807) is 16.0 Å². The van der Waals surface area contributed by atoms with Gasteiger partial charge in [-0.15, -0.1) is 11.3 Å². The summed E-state index contributed by atoms with van der Waals surface area (Å²) in [7, 11) is 1.91. The van der Waals surface area contributed by atoms with Crippen LogP contribution in [0.2, 0.25) is 0 Å². The van der Waals surface area contributed by atoms with Crippen LogP contribution in [0.3, 0.4) is 0 Å². The van der Waals surface area contributed by atoms with E-state index in [-0.39, 0.29) is 6.04 Å². The van der Waals surface area contributed by atoms with Crippen molar-refractivity contribution >= 4 is 17.0 Å². The highest BCUT2D eigenvalue weighted by Gasteiger charge is 2.13. The van der Waals surface area contributed by atoms with Crippen LogP contribution in [0.15, 0.2) is 12.4 Å². The van der Waals surface area contributed by atoms with Gasteiger partial charge in [-0.25, -0.2) is 4.98 Å². The Labute approximate surface area is 99.3 Å². The second kappa shape index (κ2) is 4.25. The summed E-state index contributed by atoms with van der Waals surface area (Å²) in [5.41, 5.74) is 2.16. The standard InChI is InChI=1S/C11H16N4S/c1-7(11-8(2)16-9(3)14-11)13-10-5-12-15(4)6-10/h5-7,13H,1-4H3. The summed E-state index contributed by atoms with van der Waals surface area (Å²) in [5, 5.41) is 8.64. The fraction of sp³-hybridized carbons (Fsp3) is 0.455. The van der Waals surface area contributed by atoms with Crippen molar-refractivity contribution < 1.29 is 0 Å². The van der Waals surface area contributed by atoms with Gasteiger partial charge in [0.25, 0.3) is 0 Å². The Hall–Kier alpha value is -1.36. The van der Waals surface area contributed by atoms with E-state index in [0.29, 0.717) is 0 Å². The third-order valence-corrected chi connectivity index (χ3v) is 3.34. The average Bonchev–Trinajstić information content (AvgIpc) is 2.73. The van der Waals surface area contributed by atoms with Crippen LogP contribution in [0.1, 0.15) is 28.5 Å². The number of nitrogens with one attached hydrogen (secondary N) is 1. The average molecular weight is 236 g/mol. The topological polar surface area (TPSA) is 42.7 Å². The Morgan fingerprint density at radius 1 is 1.44 bits per heavy atom. The quantitative estimate of drug-likeness (QED) is 0.891. The largest absolute Gasteiger partial charge is 0.374 e. The number of rotatable bonds is 3. The van der Waals surface area contributed by atoms with Gasteiger partial charge in [-0.05, 0) is 20.8 Å². The van der Waals surface area contributed by atoms with Gasteiger partial charge in [0, 0.05) is 18.1 Å². The summed E-state index contributed by atoms with van der Waals surface area (Å²) in [6.07, 6.45) is 3.79. The molecule has 0 amide bonds.